The van der Waals surface area contributed by atoms with Crippen molar-refractivity contribution in [2.24, 2.45) is 0 Å². The first kappa shape index (κ1) is 19.0. The minimum atomic E-state index is -0.243. The normalized spacial score (nSPS) is 14.9. The Hall–Kier alpha value is -2.82. The van der Waals surface area contributed by atoms with Gasteiger partial charge in [0.25, 0.3) is 5.91 Å². The van der Waals surface area contributed by atoms with Crippen molar-refractivity contribution in [1.29, 1.82) is 0 Å². The number of carbonyl (C=O) groups excluding carboxylic acids is 2. The van der Waals surface area contributed by atoms with Crippen LogP contribution >= 0.6 is 0 Å². The number of nitrogens with zero attached hydrogens (tertiary/aromatic N) is 1. The van der Waals surface area contributed by atoms with Gasteiger partial charge >= 0.3 is 0 Å². The molecule has 1 aliphatic heterocycles. The minimum absolute atomic E-state index is 0.0737. The summed E-state index contributed by atoms with van der Waals surface area (Å²) in [6, 6.07) is 15.2. The third-order valence-electron chi connectivity index (χ3n) is 4.96. The summed E-state index contributed by atoms with van der Waals surface area (Å²) in [6.45, 7) is 4.89. The summed E-state index contributed by atoms with van der Waals surface area (Å²) in [7, 11) is 0. The molecule has 142 valence electrons. The molecule has 1 N–H and O–H groups in total. The van der Waals surface area contributed by atoms with Crippen molar-refractivity contribution in [1.82, 2.24) is 0 Å². The molecule has 2 aromatic carbocycles. The predicted octanol–water partition coefficient (Wildman–Crippen LogP) is 4.34. The van der Waals surface area contributed by atoms with Gasteiger partial charge < -0.3 is 15.0 Å². The largest absolute Gasteiger partial charge is 0.483 e. The quantitative estimate of drug-likeness (QED) is 0.793. The highest BCUT2D eigenvalue weighted by molar-refractivity contribution is 6.02. The van der Waals surface area contributed by atoms with Crippen LogP contribution in [-0.4, -0.2) is 25.0 Å². The van der Waals surface area contributed by atoms with Crippen LogP contribution < -0.4 is 15.0 Å². The average molecular weight is 366 g/mol. The topological polar surface area (TPSA) is 58.6 Å². The second-order valence-corrected chi connectivity index (χ2v) is 6.85. The summed E-state index contributed by atoms with van der Waals surface area (Å²) in [5.41, 5.74) is 2.49. The molecule has 0 radical (unpaired) electrons. The molecule has 5 nitrogen and oxygen atoms in total. The van der Waals surface area contributed by atoms with Crippen molar-refractivity contribution in [2.45, 2.75) is 39.0 Å². The highest BCUT2D eigenvalue weighted by atomic mass is 16.5. The summed E-state index contributed by atoms with van der Waals surface area (Å²) >= 11 is 0. The van der Waals surface area contributed by atoms with E-state index in [4.69, 9.17) is 4.74 Å². The van der Waals surface area contributed by atoms with Crippen molar-refractivity contribution < 1.29 is 14.3 Å². The average Bonchev–Trinajstić information content (AvgIpc) is 3.12. The zero-order valence-corrected chi connectivity index (χ0v) is 15.9. The first-order valence-corrected chi connectivity index (χ1v) is 9.51. The molecule has 1 saturated heterocycles. The fourth-order valence-corrected chi connectivity index (χ4v) is 3.29. The van der Waals surface area contributed by atoms with Gasteiger partial charge in [-0.1, -0.05) is 44.2 Å². The van der Waals surface area contributed by atoms with Crippen molar-refractivity contribution in [3.05, 3.63) is 54.1 Å². The molecule has 3 rings (SSSR count). The summed E-state index contributed by atoms with van der Waals surface area (Å²) < 4.78 is 5.79. The number of amides is 2. The molecule has 27 heavy (non-hydrogen) atoms. The number of hydrogen-bond acceptors (Lipinski definition) is 3. The molecular formula is C22H26N2O3. The number of para-hydroxylation sites is 3. The van der Waals surface area contributed by atoms with Crippen LogP contribution in [0.4, 0.5) is 11.4 Å². The van der Waals surface area contributed by atoms with E-state index in [1.807, 2.05) is 48.5 Å². The first-order valence-electron chi connectivity index (χ1n) is 9.51. The van der Waals surface area contributed by atoms with Gasteiger partial charge in [0.15, 0.2) is 6.61 Å². The van der Waals surface area contributed by atoms with E-state index in [0.29, 0.717) is 24.6 Å². The van der Waals surface area contributed by atoms with Gasteiger partial charge in [-0.15, -0.1) is 0 Å². The molecule has 1 atom stereocenters. The van der Waals surface area contributed by atoms with Gasteiger partial charge in [-0.2, -0.15) is 0 Å². The number of carbonyl (C=O) groups is 2. The summed E-state index contributed by atoms with van der Waals surface area (Å²) in [6.07, 6.45) is 2.40. The van der Waals surface area contributed by atoms with Crippen LogP contribution in [0, 0.1) is 0 Å². The maximum Gasteiger partial charge on any atom is 0.262 e. The molecule has 0 aromatic heterocycles. The molecule has 0 unspecified atom stereocenters. The standard InChI is InChI=1S/C22H26N2O3/c1-3-16(2)17-9-4-7-12-20(17)27-15-21(25)23-18-10-5-6-11-19(18)24-14-8-13-22(24)26/h4-7,9-12,16H,3,8,13-15H2,1-2H3,(H,23,25)/t16-/m1/s1. The number of ether oxygens (including phenoxy) is 1. The number of benzene rings is 2. The van der Waals surface area contributed by atoms with Gasteiger partial charge in [0.1, 0.15) is 5.75 Å². The van der Waals surface area contributed by atoms with Gasteiger partial charge in [-0.3, -0.25) is 9.59 Å². The Morgan fingerprint density at radius 3 is 2.67 bits per heavy atom. The Labute approximate surface area is 160 Å². The lowest BCUT2D eigenvalue weighted by Crippen LogP contribution is -2.27. The van der Waals surface area contributed by atoms with Crippen LogP contribution in [0.1, 0.15) is 44.6 Å². The van der Waals surface area contributed by atoms with E-state index in [1.165, 1.54) is 0 Å². The predicted molar refractivity (Wildman–Crippen MR) is 107 cm³/mol. The van der Waals surface area contributed by atoms with Crippen molar-refractivity contribution in [3.8, 4) is 5.75 Å². The minimum Gasteiger partial charge on any atom is -0.483 e. The third-order valence-corrected chi connectivity index (χ3v) is 4.96. The monoisotopic (exact) mass is 366 g/mol. The molecular weight excluding hydrogens is 340 g/mol. The van der Waals surface area contributed by atoms with E-state index in [9.17, 15) is 9.59 Å². The SMILES string of the molecule is CC[C@@H](C)c1ccccc1OCC(=O)Nc1ccccc1N1CCCC1=O. The lowest BCUT2D eigenvalue weighted by atomic mass is 9.98. The van der Waals surface area contributed by atoms with E-state index in [1.54, 1.807) is 4.90 Å². The Balaban J connectivity index is 1.67. The second kappa shape index (κ2) is 8.71. The fraction of sp³-hybridized carbons (Fsp3) is 0.364. The van der Waals surface area contributed by atoms with Gasteiger partial charge in [0.2, 0.25) is 5.91 Å². The van der Waals surface area contributed by atoms with E-state index >= 15 is 0 Å². The van der Waals surface area contributed by atoms with Crippen LogP contribution in [0.15, 0.2) is 48.5 Å². The third kappa shape index (κ3) is 4.48. The maximum atomic E-state index is 12.4. The molecule has 5 heteroatoms. The van der Waals surface area contributed by atoms with Gasteiger partial charge in [-0.05, 0) is 42.5 Å². The second-order valence-electron chi connectivity index (χ2n) is 6.85. The van der Waals surface area contributed by atoms with Crippen molar-refractivity contribution >= 4 is 23.2 Å². The van der Waals surface area contributed by atoms with Crippen LogP contribution in [0.5, 0.6) is 5.75 Å². The van der Waals surface area contributed by atoms with Crippen LogP contribution in [0.3, 0.4) is 0 Å². The van der Waals surface area contributed by atoms with Gasteiger partial charge in [-0.25, -0.2) is 0 Å². The Kier molecular flexibility index (Phi) is 6.12. The molecule has 2 aromatic rings. The van der Waals surface area contributed by atoms with Crippen LogP contribution in [0.25, 0.3) is 0 Å². The van der Waals surface area contributed by atoms with Crippen molar-refractivity contribution in [2.75, 3.05) is 23.4 Å². The molecule has 1 fully saturated rings. The van der Waals surface area contributed by atoms with E-state index in [2.05, 4.69) is 19.2 Å². The van der Waals surface area contributed by atoms with E-state index < -0.39 is 0 Å². The zero-order chi connectivity index (χ0) is 19.2. The zero-order valence-electron chi connectivity index (χ0n) is 15.9. The smallest absolute Gasteiger partial charge is 0.262 e. The maximum absolute atomic E-state index is 12.4. The summed E-state index contributed by atoms with van der Waals surface area (Å²) in [5, 5.41) is 2.88. The molecule has 1 aliphatic rings. The highest BCUT2D eigenvalue weighted by Crippen LogP contribution is 2.30. The first-order chi connectivity index (χ1) is 13.1. The number of rotatable bonds is 7. The van der Waals surface area contributed by atoms with E-state index in [0.717, 1.165) is 29.8 Å². The molecule has 0 saturated carbocycles. The lowest BCUT2D eigenvalue weighted by molar-refractivity contribution is -0.118. The summed E-state index contributed by atoms with van der Waals surface area (Å²) in [5.74, 6) is 0.958. The molecule has 2 amide bonds. The highest BCUT2D eigenvalue weighted by Gasteiger charge is 2.24. The lowest BCUT2D eigenvalue weighted by Gasteiger charge is -2.20. The molecule has 0 aliphatic carbocycles. The van der Waals surface area contributed by atoms with Crippen LogP contribution in [-0.2, 0) is 9.59 Å². The number of anilines is 2. The van der Waals surface area contributed by atoms with Crippen molar-refractivity contribution in [3.63, 3.8) is 0 Å². The molecule has 0 bridgehead atoms. The Bertz CT molecular complexity index is 819. The number of hydrogen-bond donors (Lipinski definition) is 1. The Morgan fingerprint density at radius 1 is 1.19 bits per heavy atom. The van der Waals surface area contributed by atoms with Gasteiger partial charge in [0, 0.05) is 13.0 Å². The fourth-order valence-electron chi connectivity index (χ4n) is 3.29. The molecule has 1 heterocycles. The van der Waals surface area contributed by atoms with E-state index in [-0.39, 0.29) is 18.4 Å². The summed E-state index contributed by atoms with van der Waals surface area (Å²) in [4.78, 5) is 26.2. The molecule has 0 spiro atoms. The number of nitrogens with one attached hydrogen (secondary N) is 1. The van der Waals surface area contributed by atoms with Gasteiger partial charge in [0.05, 0.1) is 11.4 Å². The van der Waals surface area contributed by atoms with Crippen LogP contribution in [0.2, 0.25) is 0 Å². The Morgan fingerprint density at radius 2 is 1.93 bits per heavy atom.